The molecule has 2 aliphatic carbocycles. The molecule has 7 nitrogen and oxygen atoms in total. The van der Waals surface area contributed by atoms with Gasteiger partial charge in [0.1, 0.15) is 28.6 Å². The number of nitrogens with one attached hydrogen (secondary N) is 1. The number of carbonyl (C=O) groups is 2. The minimum absolute atomic E-state index is 0.0511. The van der Waals surface area contributed by atoms with E-state index in [1.54, 1.807) is 24.6 Å². The predicted octanol–water partition coefficient (Wildman–Crippen LogP) is 5.31. The van der Waals surface area contributed by atoms with Crippen molar-refractivity contribution in [2.75, 3.05) is 0 Å². The number of aromatic nitrogens is 2. The van der Waals surface area contributed by atoms with Crippen molar-refractivity contribution in [1.82, 2.24) is 15.3 Å². The monoisotopic (exact) mass is 459 g/mol. The fourth-order valence-electron chi connectivity index (χ4n) is 4.84. The number of hydrogen-bond donors (Lipinski definition) is 1. The Morgan fingerprint density at radius 1 is 1.16 bits per heavy atom. The van der Waals surface area contributed by atoms with Crippen LogP contribution in [-0.2, 0) is 16.0 Å². The molecular weight excluding hydrogens is 426 g/mol. The van der Waals surface area contributed by atoms with Gasteiger partial charge in [0.15, 0.2) is 0 Å². The lowest BCUT2D eigenvalue weighted by Crippen LogP contribution is -2.42. The molecule has 1 N–H and O–H groups in total. The van der Waals surface area contributed by atoms with Crippen LogP contribution in [0.2, 0.25) is 0 Å². The zero-order chi connectivity index (χ0) is 22.9. The lowest BCUT2D eigenvalue weighted by molar-refractivity contribution is -0.117. The molecule has 2 aliphatic rings. The molecule has 0 saturated heterocycles. The maximum atomic E-state index is 12.1. The molecule has 0 aromatic carbocycles. The number of hydrogen-bond acceptors (Lipinski definition) is 7. The number of fused-ring (bicyclic) bond motifs is 3. The Labute approximate surface area is 193 Å². The van der Waals surface area contributed by atoms with Crippen molar-refractivity contribution in [3.63, 3.8) is 0 Å². The molecule has 174 valence electrons. The fraction of sp³-hybridized carbons (Fsp3) is 0.667. The zero-order valence-electron chi connectivity index (χ0n) is 19.4. The van der Waals surface area contributed by atoms with E-state index < -0.39 is 5.60 Å². The SMILES string of the molecule is CC(=O)C[C@@H]1CCCc2sc3ncnc(O[C@H]4CC[C@@H](NC(=O)OC(C)(C)C)CC4)c3c21. The Balaban J connectivity index is 1.45. The highest BCUT2D eigenvalue weighted by Gasteiger charge is 2.31. The van der Waals surface area contributed by atoms with Crippen molar-refractivity contribution in [3.8, 4) is 5.88 Å². The Morgan fingerprint density at radius 3 is 2.59 bits per heavy atom. The van der Waals surface area contributed by atoms with E-state index in [2.05, 4.69) is 15.3 Å². The highest BCUT2D eigenvalue weighted by Crippen LogP contribution is 2.46. The zero-order valence-corrected chi connectivity index (χ0v) is 20.2. The largest absolute Gasteiger partial charge is 0.474 e. The average molecular weight is 460 g/mol. The first-order chi connectivity index (χ1) is 15.2. The lowest BCUT2D eigenvalue weighted by atomic mass is 9.83. The van der Waals surface area contributed by atoms with Crippen LogP contribution in [0.5, 0.6) is 5.88 Å². The first-order valence-electron chi connectivity index (χ1n) is 11.6. The molecule has 2 aromatic rings. The number of nitrogens with zero attached hydrogens (tertiary/aromatic N) is 2. The van der Waals surface area contributed by atoms with E-state index in [-0.39, 0.29) is 29.9 Å². The third-order valence-electron chi connectivity index (χ3n) is 6.14. The maximum Gasteiger partial charge on any atom is 0.407 e. The van der Waals surface area contributed by atoms with Crippen LogP contribution in [-0.4, -0.2) is 39.6 Å². The Kier molecular flexibility index (Phi) is 6.70. The van der Waals surface area contributed by atoms with Crippen LogP contribution < -0.4 is 10.1 Å². The number of alkyl carbamates (subject to hydrolysis) is 1. The number of Topliss-reactive ketones (excluding diaryl/α,β-unsaturated/α-hetero) is 1. The van der Waals surface area contributed by atoms with E-state index in [1.165, 1.54) is 10.4 Å². The first-order valence-corrected chi connectivity index (χ1v) is 12.4. The van der Waals surface area contributed by atoms with Crippen molar-refractivity contribution >= 4 is 33.4 Å². The van der Waals surface area contributed by atoms with Crippen molar-refractivity contribution in [2.45, 2.75) is 103 Å². The summed E-state index contributed by atoms with van der Waals surface area (Å²) in [5, 5.41) is 3.98. The van der Waals surface area contributed by atoms with E-state index >= 15 is 0 Å². The third kappa shape index (κ3) is 5.39. The molecular formula is C24H33N3O4S. The van der Waals surface area contributed by atoms with Crippen molar-refractivity contribution in [2.24, 2.45) is 0 Å². The Morgan fingerprint density at radius 2 is 1.91 bits per heavy atom. The summed E-state index contributed by atoms with van der Waals surface area (Å²) in [5.41, 5.74) is 0.741. The van der Waals surface area contributed by atoms with Gasteiger partial charge < -0.3 is 19.6 Å². The second kappa shape index (κ2) is 9.33. The Hall–Kier alpha value is -2.22. The highest BCUT2D eigenvalue weighted by molar-refractivity contribution is 7.18. The van der Waals surface area contributed by atoms with Gasteiger partial charge in [0, 0.05) is 17.3 Å². The fourth-order valence-corrected chi connectivity index (χ4v) is 6.10. The van der Waals surface area contributed by atoms with Gasteiger partial charge in [-0.1, -0.05) is 0 Å². The van der Waals surface area contributed by atoms with Crippen molar-refractivity contribution in [1.29, 1.82) is 0 Å². The van der Waals surface area contributed by atoms with Crippen LogP contribution >= 0.6 is 11.3 Å². The van der Waals surface area contributed by atoms with Crippen LogP contribution in [0.3, 0.4) is 0 Å². The molecule has 0 aliphatic heterocycles. The molecule has 1 amide bonds. The van der Waals surface area contributed by atoms with Gasteiger partial charge in [-0.15, -0.1) is 11.3 Å². The summed E-state index contributed by atoms with van der Waals surface area (Å²) < 4.78 is 11.8. The van der Waals surface area contributed by atoms with Gasteiger partial charge >= 0.3 is 6.09 Å². The quantitative estimate of drug-likeness (QED) is 0.652. The van der Waals surface area contributed by atoms with Crippen LogP contribution in [0.25, 0.3) is 10.2 Å². The summed E-state index contributed by atoms with van der Waals surface area (Å²) in [5.74, 6) is 1.09. The number of carbonyl (C=O) groups excluding carboxylic acids is 2. The molecule has 0 radical (unpaired) electrons. The summed E-state index contributed by atoms with van der Waals surface area (Å²) in [6.07, 6.45) is 8.36. The molecule has 0 spiro atoms. The lowest BCUT2D eigenvalue weighted by Gasteiger charge is -2.30. The normalized spacial score (nSPS) is 23.4. The number of thiophene rings is 1. The minimum atomic E-state index is -0.497. The van der Waals surface area contributed by atoms with E-state index in [1.807, 2.05) is 20.8 Å². The summed E-state index contributed by atoms with van der Waals surface area (Å²) >= 11 is 1.71. The standard InChI is InChI=1S/C24H33N3O4S/c1-14(28)12-15-6-5-7-18-19(15)20-21(25-13-26-22(20)32-18)30-17-10-8-16(9-11-17)27-23(29)31-24(2,3)4/h13,15-17H,5-12H2,1-4H3,(H,27,29)/t15-,16-,17+/m0/s1. The van der Waals surface area contributed by atoms with Crippen LogP contribution in [0.1, 0.15) is 89.0 Å². The van der Waals surface area contributed by atoms with Crippen LogP contribution in [0.4, 0.5) is 4.79 Å². The summed E-state index contributed by atoms with van der Waals surface area (Å²) in [6.45, 7) is 7.26. The molecule has 0 bridgehead atoms. The first kappa shape index (κ1) is 23.0. The molecule has 4 rings (SSSR count). The molecule has 32 heavy (non-hydrogen) atoms. The molecule has 2 heterocycles. The Bertz CT molecular complexity index is 989. The molecule has 0 unspecified atom stereocenters. The van der Waals surface area contributed by atoms with Gasteiger partial charge in [-0.3, -0.25) is 0 Å². The number of aryl methyl sites for hydroxylation is 1. The van der Waals surface area contributed by atoms with Gasteiger partial charge in [-0.05, 0) is 84.1 Å². The van der Waals surface area contributed by atoms with Crippen molar-refractivity contribution < 1.29 is 19.1 Å². The highest BCUT2D eigenvalue weighted by atomic mass is 32.1. The van der Waals surface area contributed by atoms with Gasteiger partial charge in [0.2, 0.25) is 5.88 Å². The summed E-state index contributed by atoms with van der Waals surface area (Å²) in [7, 11) is 0. The smallest absolute Gasteiger partial charge is 0.407 e. The predicted molar refractivity (Wildman–Crippen MR) is 124 cm³/mol. The van der Waals surface area contributed by atoms with Crippen LogP contribution in [0.15, 0.2) is 6.33 Å². The number of ether oxygens (including phenoxy) is 2. The molecule has 1 atom stereocenters. The minimum Gasteiger partial charge on any atom is -0.474 e. The van der Waals surface area contributed by atoms with Crippen LogP contribution in [0, 0.1) is 0 Å². The average Bonchev–Trinajstić information content (AvgIpc) is 3.08. The second-order valence-corrected chi connectivity index (χ2v) is 11.1. The number of amides is 1. The van der Waals surface area contributed by atoms with Gasteiger partial charge in [0.25, 0.3) is 0 Å². The summed E-state index contributed by atoms with van der Waals surface area (Å²) in [6, 6.07) is 0.101. The number of ketones is 1. The van der Waals surface area contributed by atoms with Gasteiger partial charge in [-0.2, -0.15) is 0 Å². The molecule has 1 fully saturated rings. The third-order valence-corrected chi connectivity index (χ3v) is 7.31. The molecule has 8 heteroatoms. The van der Waals surface area contributed by atoms with Gasteiger partial charge in [-0.25, -0.2) is 14.8 Å². The maximum absolute atomic E-state index is 12.1. The topological polar surface area (TPSA) is 90.4 Å². The van der Waals surface area contributed by atoms with Crippen molar-refractivity contribution in [3.05, 3.63) is 16.8 Å². The number of rotatable bonds is 5. The second-order valence-electron chi connectivity index (χ2n) is 10.0. The summed E-state index contributed by atoms with van der Waals surface area (Å²) in [4.78, 5) is 35.2. The van der Waals surface area contributed by atoms with E-state index in [4.69, 9.17) is 9.47 Å². The van der Waals surface area contributed by atoms with E-state index in [0.717, 1.165) is 55.2 Å². The van der Waals surface area contributed by atoms with Gasteiger partial charge in [0.05, 0.1) is 5.39 Å². The van der Waals surface area contributed by atoms with E-state index in [0.29, 0.717) is 12.3 Å². The molecule has 2 aromatic heterocycles. The van der Waals surface area contributed by atoms with E-state index in [9.17, 15) is 9.59 Å². The molecule has 1 saturated carbocycles.